The number of hydrogen-bond acceptors (Lipinski definition) is 3. The zero-order valence-corrected chi connectivity index (χ0v) is 15.8. The van der Waals surface area contributed by atoms with Crippen LogP contribution in [0.2, 0.25) is 0 Å². The van der Waals surface area contributed by atoms with E-state index in [9.17, 15) is 8.78 Å². The van der Waals surface area contributed by atoms with Gasteiger partial charge >= 0.3 is 0 Å². The SMILES string of the molecule is CC1=CC(OCc2ccc(F)cc2F)=C(Br)CN1c1ccc(CO)cc1. The molecule has 1 heterocycles. The van der Waals surface area contributed by atoms with Crippen LogP contribution >= 0.6 is 15.9 Å². The number of allylic oxidation sites excluding steroid dienone is 2. The monoisotopic (exact) mass is 421 g/mol. The zero-order chi connectivity index (χ0) is 18.7. The highest BCUT2D eigenvalue weighted by molar-refractivity contribution is 9.11. The highest BCUT2D eigenvalue weighted by Gasteiger charge is 2.19. The molecule has 0 amide bonds. The number of ether oxygens (including phenoxy) is 1. The van der Waals surface area contributed by atoms with Gasteiger partial charge in [-0.3, -0.25) is 0 Å². The van der Waals surface area contributed by atoms with Crippen LogP contribution in [0.3, 0.4) is 0 Å². The molecule has 0 unspecified atom stereocenters. The summed E-state index contributed by atoms with van der Waals surface area (Å²) in [7, 11) is 0. The number of nitrogens with zero attached hydrogens (tertiary/aromatic N) is 1. The standard InChI is InChI=1S/C20H18BrF2NO2/c1-13-8-20(26-12-15-4-5-16(22)9-19(15)23)18(21)10-24(13)17-6-2-14(11-25)3-7-17/h2-9,25H,10-12H2,1H3. The van der Waals surface area contributed by atoms with E-state index in [-0.39, 0.29) is 13.2 Å². The molecule has 1 aliphatic rings. The number of benzene rings is 2. The maximum Gasteiger partial charge on any atom is 0.133 e. The van der Waals surface area contributed by atoms with Gasteiger partial charge in [0.2, 0.25) is 0 Å². The molecule has 0 atom stereocenters. The second kappa shape index (κ2) is 8.01. The average molecular weight is 422 g/mol. The average Bonchev–Trinajstić information content (AvgIpc) is 2.63. The van der Waals surface area contributed by atoms with Crippen molar-refractivity contribution in [2.45, 2.75) is 20.1 Å². The Hall–Kier alpha value is -2.18. The van der Waals surface area contributed by atoms with Gasteiger partial charge in [0, 0.05) is 29.1 Å². The predicted molar refractivity (Wildman–Crippen MR) is 101 cm³/mol. The maximum atomic E-state index is 13.7. The smallest absolute Gasteiger partial charge is 0.133 e. The number of halogens is 3. The molecule has 26 heavy (non-hydrogen) atoms. The molecule has 2 aromatic carbocycles. The lowest BCUT2D eigenvalue weighted by Crippen LogP contribution is -2.26. The van der Waals surface area contributed by atoms with E-state index in [1.165, 1.54) is 12.1 Å². The first kappa shape index (κ1) is 18.6. The third-order valence-electron chi connectivity index (χ3n) is 4.16. The van der Waals surface area contributed by atoms with Crippen LogP contribution < -0.4 is 4.90 Å². The van der Waals surface area contributed by atoms with Crippen molar-refractivity contribution in [3.63, 3.8) is 0 Å². The van der Waals surface area contributed by atoms with Gasteiger partial charge in [-0.2, -0.15) is 0 Å². The van der Waals surface area contributed by atoms with Crippen LogP contribution in [0.15, 0.2) is 64.5 Å². The minimum atomic E-state index is -0.621. The molecule has 0 aliphatic carbocycles. The van der Waals surface area contributed by atoms with Crippen molar-refractivity contribution in [2.24, 2.45) is 0 Å². The molecule has 2 aromatic rings. The normalized spacial score (nSPS) is 14.5. The topological polar surface area (TPSA) is 32.7 Å². The first-order valence-corrected chi connectivity index (χ1v) is 8.88. The van der Waals surface area contributed by atoms with Crippen LogP contribution in [0, 0.1) is 11.6 Å². The van der Waals surface area contributed by atoms with Crippen LogP contribution in [0.1, 0.15) is 18.1 Å². The zero-order valence-electron chi connectivity index (χ0n) is 14.2. The predicted octanol–water partition coefficient (Wildman–Crippen LogP) is 5.00. The Labute approximate surface area is 159 Å². The van der Waals surface area contributed by atoms with E-state index in [2.05, 4.69) is 20.8 Å². The molecule has 0 radical (unpaired) electrons. The maximum absolute atomic E-state index is 13.7. The summed E-state index contributed by atoms with van der Waals surface area (Å²) in [6.07, 6.45) is 1.87. The Kier molecular flexibility index (Phi) is 5.74. The molecule has 1 N–H and O–H groups in total. The Morgan fingerprint density at radius 3 is 2.54 bits per heavy atom. The van der Waals surface area contributed by atoms with Crippen molar-refractivity contribution in [2.75, 3.05) is 11.4 Å². The van der Waals surface area contributed by atoms with Gasteiger partial charge in [-0.25, -0.2) is 8.78 Å². The van der Waals surface area contributed by atoms with E-state index in [0.717, 1.165) is 27.5 Å². The quantitative estimate of drug-likeness (QED) is 0.736. The molecule has 0 spiro atoms. The van der Waals surface area contributed by atoms with Gasteiger partial charge in [-0.1, -0.05) is 12.1 Å². The lowest BCUT2D eigenvalue weighted by Gasteiger charge is -2.30. The van der Waals surface area contributed by atoms with E-state index >= 15 is 0 Å². The van der Waals surface area contributed by atoms with E-state index in [0.29, 0.717) is 17.9 Å². The molecular weight excluding hydrogens is 404 g/mol. The molecule has 6 heteroatoms. The first-order chi connectivity index (χ1) is 12.5. The van der Waals surface area contributed by atoms with Crippen LogP contribution in [-0.4, -0.2) is 11.7 Å². The molecule has 3 nitrogen and oxygen atoms in total. The summed E-state index contributed by atoms with van der Waals surface area (Å²) >= 11 is 3.53. The number of anilines is 1. The van der Waals surface area contributed by atoms with Crippen molar-refractivity contribution < 1.29 is 18.6 Å². The van der Waals surface area contributed by atoms with Gasteiger partial charge in [0.05, 0.1) is 17.6 Å². The third-order valence-corrected chi connectivity index (χ3v) is 4.80. The lowest BCUT2D eigenvalue weighted by atomic mass is 10.1. The van der Waals surface area contributed by atoms with Crippen molar-refractivity contribution in [1.29, 1.82) is 0 Å². The molecule has 0 bridgehead atoms. The van der Waals surface area contributed by atoms with Crippen LogP contribution in [0.5, 0.6) is 0 Å². The third kappa shape index (κ3) is 4.14. The van der Waals surface area contributed by atoms with E-state index < -0.39 is 11.6 Å². The minimum Gasteiger partial charge on any atom is -0.488 e. The second-order valence-electron chi connectivity index (χ2n) is 5.99. The van der Waals surface area contributed by atoms with Gasteiger partial charge in [0.15, 0.2) is 0 Å². The fourth-order valence-corrected chi connectivity index (χ4v) is 3.16. The summed E-state index contributed by atoms with van der Waals surface area (Å²) in [5, 5.41) is 9.15. The van der Waals surface area contributed by atoms with Crippen molar-refractivity contribution in [1.82, 2.24) is 0 Å². The molecule has 3 rings (SSSR count). The molecule has 0 aromatic heterocycles. The molecule has 0 saturated heterocycles. The first-order valence-electron chi connectivity index (χ1n) is 8.09. The van der Waals surface area contributed by atoms with Crippen molar-refractivity contribution in [3.05, 3.63) is 87.2 Å². The van der Waals surface area contributed by atoms with Crippen LogP contribution in [0.4, 0.5) is 14.5 Å². The number of aliphatic hydroxyl groups excluding tert-OH is 1. The summed E-state index contributed by atoms with van der Waals surface area (Å²) in [5.74, 6) is -0.610. The number of hydrogen-bond donors (Lipinski definition) is 1. The summed E-state index contributed by atoms with van der Waals surface area (Å²) in [5.41, 5.74) is 3.12. The highest BCUT2D eigenvalue weighted by atomic mass is 79.9. The molecular formula is C20H18BrF2NO2. The van der Waals surface area contributed by atoms with Crippen LogP contribution in [0.25, 0.3) is 0 Å². The van der Waals surface area contributed by atoms with Gasteiger partial charge < -0.3 is 14.7 Å². The summed E-state index contributed by atoms with van der Waals surface area (Å²) in [4.78, 5) is 2.09. The number of aliphatic hydroxyl groups is 1. The summed E-state index contributed by atoms with van der Waals surface area (Å²) in [6, 6.07) is 11.1. The van der Waals surface area contributed by atoms with Crippen molar-refractivity contribution in [3.8, 4) is 0 Å². The summed E-state index contributed by atoms with van der Waals surface area (Å²) < 4.78 is 33.3. The minimum absolute atomic E-state index is 0.0105. The van der Waals surface area contributed by atoms with E-state index in [1.807, 2.05) is 37.3 Å². The molecule has 1 aliphatic heterocycles. The van der Waals surface area contributed by atoms with Gasteiger partial charge in [0.1, 0.15) is 24.0 Å². The highest BCUT2D eigenvalue weighted by Crippen LogP contribution is 2.30. The molecule has 136 valence electrons. The van der Waals surface area contributed by atoms with Gasteiger partial charge in [-0.15, -0.1) is 0 Å². The van der Waals surface area contributed by atoms with Gasteiger partial charge in [-0.05, 0) is 52.7 Å². The largest absolute Gasteiger partial charge is 0.488 e. The van der Waals surface area contributed by atoms with Crippen LogP contribution in [-0.2, 0) is 18.0 Å². The fourth-order valence-electron chi connectivity index (χ4n) is 2.68. The van der Waals surface area contributed by atoms with Gasteiger partial charge in [0.25, 0.3) is 0 Å². The van der Waals surface area contributed by atoms with E-state index in [1.54, 1.807) is 0 Å². The Morgan fingerprint density at radius 1 is 1.15 bits per heavy atom. The molecule has 0 fully saturated rings. The Morgan fingerprint density at radius 2 is 1.88 bits per heavy atom. The molecule has 0 saturated carbocycles. The summed E-state index contributed by atoms with van der Waals surface area (Å²) in [6.45, 7) is 2.56. The lowest BCUT2D eigenvalue weighted by molar-refractivity contribution is 0.204. The second-order valence-corrected chi connectivity index (χ2v) is 6.95. The van der Waals surface area contributed by atoms with Crippen molar-refractivity contribution >= 4 is 21.6 Å². The van der Waals surface area contributed by atoms with E-state index in [4.69, 9.17) is 9.84 Å². The Bertz CT molecular complexity index is 863. The number of rotatable bonds is 5. The fraction of sp³-hybridized carbons (Fsp3) is 0.200. The Balaban J connectivity index is 1.72.